The summed E-state index contributed by atoms with van der Waals surface area (Å²) in [6.45, 7) is 2.57. The molecule has 0 aromatic heterocycles. The molecule has 1 rings (SSSR count). The monoisotopic (exact) mass is 190 g/mol. The number of hydrogen-bond donors (Lipinski definition) is 2. The van der Waals surface area contributed by atoms with Crippen LogP contribution in [0.4, 0.5) is 0 Å². The van der Waals surface area contributed by atoms with E-state index in [1.807, 2.05) is 4.67 Å². The van der Waals surface area contributed by atoms with Crippen molar-refractivity contribution in [2.24, 2.45) is 11.7 Å². The number of carbonyl (C=O) groups is 1. The Hall–Kier alpha value is -0.180. The first-order chi connectivity index (χ1) is 5.54. The maximum Gasteiger partial charge on any atom is 0.307 e. The molecule has 4 atom stereocenters. The summed E-state index contributed by atoms with van der Waals surface area (Å²) in [6, 6.07) is -0.0406. The smallest absolute Gasteiger partial charge is 0.307 e. The van der Waals surface area contributed by atoms with Crippen LogP contribution in [0.5, 0.6) is 0 Å². The number of nitrogens with zero attached hydrogens (tertiary/aromatic N) is 1. The molecule has 4 nitrogen and oxygen atoms in total. The van der Waals surface area contributed by atoms with Gasteiger partial charge in [0.25, 0.3) is 0 Å². The Kier molecular flexibility index (Phi) is 3.04. The van der Waals surface area contributed by atoms with Gasteiger partial charge >= 0.3 is 5.97 Å². The molecule has 0 amide bonds. The normalized spacial score (nSPS) is 33.6. The summed E-state index contributed by atoms with van der Waals surface area (Å²) in [7, 11) is 2.54. The maximum absolute atomic E-state index is 10.7. The van der Waals surface area contributed by atoms with Gasteiger partial charge in [-0.05, 0) is 6.42 Å². The van der Waals surface area contributed by atoms with E-state index in [-0.39, 0.29) is 18.0 Å². The van der Waals surface area contributed by atoms with Crippen LogP contribution in [0, 0.1) is 5.92 Å². The molecule has 0 aliphatic carbocycles. The van der Waals surface area contributed by atoms with Crippen LogP contribution in [0.1, 0.15) is 13.3 Å². The lowest BCUT2D eigenvalue weighted by Crippen LogP contribution is -2.43. The second-order valence-corrected chi connectivity index (χ2v) is 3.97. The maximum atomic E-state index is 10.7. The van der Waals surface area contributed by atoms with E-state index in [0.717, 1.165) is 13.0 Å². The molecule has 0 radical (unpaired) electrons. The van der Waals surface area contributed by atoms with Gasteiger partial charge in [0.15, 0.2) is 0 Å². The molecule has 4 unspecified atom stereocenters. The minimum absolute atomic E-state index is 0.00593. The number of aliphatic carboxylic acids is 1. The highest BCUT2D eigenvalue weighted by Gasteiger charge is 2.36. The molecule has 0 bridgehead atoms. The first kappa shape index (κ1) is 9.90. The fraction of sp³-hybridized carbons (Fsp3) is 0.857. The van der Waals surface area contributed by atoms with Crippen molar-refractivity contribution >= 4 is 15.4 Å². The van der Waals surface area contributed by atoms with E-state index in [2.05, 4.69) is 9.39 Å². The lowest BCUT2D eigenvalue weighted by molar-refractivity contribution is -0.142. The molecule has 1 heterocycles. The molecule has 1 saturated heterocycles. The van der Waals surface area contributed by atoms with Crippen LogP contribution in [0.15, 0.2) is 0 Å². The molecule has 5 heteroatoms. The fourth-order valence-corrected chi connectivity index (χ4v) is 2.30. The molecule has 1 aliphatic rings. The lowest BCUT2D eigenvalue weighted by atomic mass is 9.97. The Morgan fingerprint density at radius 3 is 2.75 bits per heavy atom. The minimum Gasteiger partial charge on any atom is -0.481 e. The summed E-state index contributed by atoms with van der Waals surface area (Å²) in [5.41, 5.74) is 5.79. The van der Waals surface area contributed by atoms with Crippen molar-refractivity contribution in [1.29, 1.82) is 0 Å². The first-order valence-corrected chi connectivity index (χ1v) is 4.55. The predicted molar refractivity (Wildman–Crippen MR) is 49.6 cm³/mol. The first-order valence-electron chi connectivity index (χ1n) is 4.03. The third-order valence-corrected chi connectivity index (χ3v) is 3.05. The van der Waals surface area contributed by atoms with Gasteiger partial charge in [-0.1, -0.05) is 16.3 Å². The Labute approximate surface area is 74.4 Å². The van der Waals surface area contributed by atoms with Crippen molar-refractivity contribution in [3.8, 4) is 0 Å². The molecular formula is C7H15N2O2P. The molecule has 3 N–H and O–H groups in total. The van der Waals surface area contributed by atoms with E-state index in [1.54, 1.807) is 6.92 Å². The van der Waals surface area contributed by atoms with Gasteiger partial charge in [0, 0.05) is 18.6 Å². The molecule has 0 spiro atoms. The van der Waals surface area contributed by atoms with Crippen molar-refractivity contribution in [1.82, 2.24) is 4.67 Å². The van der Waals surface area contributed by atoms with E-state index in [1.165, 1.54) is 0 Å². The topological polar surface area (TPSA) is 66.6 Å². The highest BCUT2D eigenvalue weighted by Crippen LogP contribution is 2.26. The van der Waals surface area contributed by atoms with Gasteiger partial charge in [-0.25, -0.2) is 0 Å². The van der Waals surface area contributed by atoms with Gasteiger partial charge in [-0.3, -0.25) is 9.46 Å². The van der Waals surface area contributed by atoms with Gasteiger partial charge < -0.3 is 10.8 Å². The number of carboxylic acids is 1. The van der Waals surface area contributed by atoms with Crippen LogP contribution in [-0.2, 0) is 4.79 Å². The van der Waals surface area contributed by atoms with Gasteiger partial charge in [0.05, 0.1) is 5.92 Å². The highest BCUT2D eigenvalue weighted by atomic mass is 31.0. The van der Waals surface area contributed by atoms with Gasteiger partial charge in [-0.15, -0.1) is 0 Å². The van der Waals surface area contributed by atoms with Gasteiger partial charge in [-0.2, -0.15) is 0 Å². The van der Waals surface area contributed by atoms with Crippen molar-refractivity contribution in [2.75, 3.05) is 6.54 Å². The standard InChI is InChI=1S/C7H15N2O2P/c1-4(7(10)11)6-5(8)2-3-9(6)12/h4-6H,2-3,8,12H2,1H3,(H,10,11). The zero-order valence-corrected chi connectivity index (χ0v) is 8.26. The van der Waals surface area contributed by atoms with Crippen LogP contribution in [0.3, 0.4) is 0 Å². The fourth-order valence-electron chi connectivity index (χ4n) is 1.67. The Morgan fingerprint density at radius 2 is 2.42 bits per heavy atom. The van der Waals surface area contributed by atoms with Crippen LogP contribution in [0.25, 0.3) is 0 Å². The summed E-state index contributed by atoms with van der Waals surface area (Å²) in [5, 5.41) is 8.79. The predicted octanol–water partition coefficient (Wildman–Crippen LogP) is -0.101. The highest BCUT2D eigenvalue weighted by molar-refractivity contribution is 7.13. The lowest BCUT2D eigenvalue weighted by Gasteiger charge is -2.25. The Balaban J connectivity index is 2.65. The van der Waals surface area contributed by atoms with Crippen molar-refractivity contribution in [3.63, 3.8) is 0 Å². The Bertz CT molecular complexity index is 178. The van der Waals surface area contributed by atoms with E-state index in [4.69, 9.17) is 10.8 Å². The third-order valence-electron chi connectivity index (χ3n) is 2.44. The number of hydrogen-bond acceptors (Lipinski definition) is 3. The minimum atomic E-state index is -0.773. The van der Waals surface area contributed by atoms with E-state index in [0.29, 0.717) is 0 Å². The molecule has 70 valence electrons. The third kappa shape index (κ3) is 1.76. The van der Waals surface area contributed by atoms with Crippen molar-refractivity contribution in [3.05, 3.63) is 0 Å². The average Bonchev–Trinajstić information content (AvgIpc) is 2.30. The van der Waals surface area contributed by atoms with Crippen LogP contribution in [-0.4, -0.2) is 34.4 Å². The summed E-state index contributed by atoms with van der Waals surface area (Å²) >= 11 is 0. The van der Waals surface area contributed by atoms with E-state index < -0.39 is 5.97 Å². The molecule has 0 saturated carbocycles. The van der Waals surface area contributed by atoms with Crippen LogP contribution >= 0.6 is 9.39 Å². The van der Waals surface area contributed by atoms with Crippen LogP contribution < -0.4 is 5.73 Å². The quantitative estimate of drug-likeness (QED) is 0.597. The molecule has 1 aliphatic heterocycles. The molecule has 1 fully saturated rings. The van der Waals surface area contributed by atoms with Crippen LogP contribution in [0.2, 0.25) is 0 Å². The SMILES string of the molecule is CC(C(=O)O)C1C(N)CCN1P. The second kappa shape index (κ2) is 3.69. The zero-order chi connectivity index (χ0) is 9.30. The van der Waals surface area contributed by atoms with Crippen molar-refractivity contribution in [2.45, 2.75) is 25.4 Å². The molecular weight excluding hydrogens is 175 g/mol. The van der Waals surface area contributed by atoms with Gasteiger partial charge in [0.1, 0.15) is 0 Å². The summed E-state index contributed by atoms with van der Waals surface area (Å²) < 4.78 is 1.95. The number of rotatable bonds is 2. The largest absolute Gasteiger partial charge is 0.481 e. The summed E-state index contributed by atoms with van der Waals surface area (Å²) in [4.78, 5) is 10.7. The zero-order valence-electron chi connectivity index (χ0n) is 7.10. The van der Waals surface area contributed by atoms with E-state index in [9.17, 15) is 4.79 Å². The van der Waals surface area contributed by atoms with Crippen molar-refractivity contribution < 1.29 is 9.90 Å². The van der Waals surface area contributed by atoms with E-state index >= 15 is 0 Å². The number of carboxylic acid groups (broad SMARTS) is 1. The Morgan fingerprint density at radius 1 is 1.83 bits per heavy atom. The second-order valence-electron chi connectivity index (χ2n) is 3.31. The molecule has 0 aromatic rings. The molecule has 0 aromatic carbocycles. The summed E-state index contributed by atoms with van der Waals surface area (Å²) in [6.07, 6.45) is 0.881. The molecule has 12 heavy (non-hydrogen) atoms. The number of nitrogens with two attached hydrogens (primary N) is 1. The van der Waals surface area contributed by atoms with Gasteiger partial charge in [0.2, 0.25) is 0 Å². The summed E-state index contributed by atoms with van der Waals surface area (Å²) in [5.74, 6) is -1.16. The average molecular weight is 190 g/mol.